The molecule has 1 amide bonds. The summed E-state index contributed by atoms with van der Waals surface area (Å²) in [5.41, 5.74) is 2.62. The molecule has 30 heavy (non-hydrogen) atoms. The molecule has 1 N–H and O–H groups in total. The Labute approximate surface area is 176 Å². The van der Waals surface area contributed by atoms with Crippen molar-refractivity contribution in [3.63, 3.8) is 0 Å². The third-order valence-electron chi connectivity index (χ3n) is 5.23. The molecule has 6 nitrogen and oxygen atoms in total. The van der Waals surface area contributed by atoms with Gasteiger partial charge in [-0.1, -0.05) is 48.5 Å². The number of methoxy groups -OCH3 is 1. The van der Waals surface area contributed by atoms with E-state index < -0.39 is 0 Å². The molecule has 1 aliphatic carbocycles. The van der Waals surface area contributed by atoms with E-state index in [2.05, 4.69) is 33.4 Å². The summed E-state index contributed by atoms with van der Waals surface area (Å²) in [7, 11) is 1.68. The predicted octanol–water partition coefficient (Wildman–Crippen LogP) is 4.03. The summed E-state index contributed by atoms with van der Waals surface area (Å²) >= 11 is 0. The van der Waals surface area contributed by atoms with Crippen LogP contribution in [-0.2, 0) is 19.6 Å². The summed E-state index contributed by atoms with van der Waals surface area (Å²) in [6, 6.07) is 18.3. The molecule has 0 unspecified atom stereocenters. The van der Waals surface area contributed by atoms with Crippen LogP contribution in [0.25, 0.3) is 0 Å². The van der Waals surface area contributed by atoms with Gasteiger partial charge in [-0.2, -0.15) is 0 Å². The molecular weight excluding hydrogens is 378 g/mol. The van der Waals surface area contributed by atoms with Crippen LogP contribution in [-0.4, -0.2) is 29.4 Å². The van der Waals surface area contributed by atoms with Crippen LogP contribution in [0.1, 0.15) is 40.3 Å². The topological polar surface area (TPSA) is 67.6 Å². The lowest BCUT2D eigenvalue weighted by Gasteiger charge is -2.22. The Bertz CT molecular complexity index is 967. The molecule has 0 atom stereocenters. The van der Waals surface area contributed by atoms with Crippen molar-refractivity contribution >= 4 is 5.91 Å². The molecule has 156 valence electrons. The second kappa shape index (κ2) is 9.59. The molecule has 1 saturated carbocycles. The Kier molecular flexibility index (Phi) is 6.44. The fourth-order valence-electron chi connectivity index (χ4n) is 3.41. The van der Waals surface area contributed by atoms with Gasteiger partial charge in [0, 0.05) is 25.2 Å². The molecular formula is C24H27N3O3. The molecule has 1 aromatic heterocycles. The molecule has 0 bridgehead atoms. The number of ether oxygens (including phenoxy) is 1. The zero-order chi connectivity index (χ0) is 20.8. The van der Waals surface area contributed by atoms with E-state index in [1.54, 1.807) is 7.11 Å². The number of aromatic nitrogens is 1. The molecule has 1 aliphatic rings. The maximum atomic E-state index is 12.3. The van der Waals surface area contributed by atoms with Crippen molar-refractivity contribution in [3.05, 3.63) is 83.6 Å². The molecule has 0 spiro atoms. The SMILES string of the molecule is COc1ccccc1CN(Cc1ccccc1)Cc1nc(C(=O)NCC2CC2)co1. The zero-order valence-electron chi connectivity index (χ0n) is 17.2. The lowest BCUT2D eigenvalue weighted by Crippen LogP contribution is -2.26. The first-order valence-corrected chi connectivity index (χ1v) is 10.3. The van der Waals surface area contributed by atoms with E-state index in [4.69, 9.17) is 9.15 Å². The van der Waals surface area contributed by atoms with Crippen LogP contribution in [0.4, 0.5) is 0 Å². The number of nitrogens with one attached hydrogen (secondary N) is 1. The molecule has 1 fully saturated rings. The van der Waals surface area contributed by atoms with Gasteiger partial charge in [0.15, 0.2) is 5.69 Å². The number of benzene rings is 2. The Morgan fingerprint density at radius 1 is 1.10 bits per heavy atom. The average Bonchev–Trinajstić information content (AvgIpc) is 3.49. The Morgan fingerprint density at radius 3 is 2.63 bits per heavy atom. The highest BCUT2D eigenvalue weighted by Crippen LogP contribution is 2.27. The van der Waals surface area contributed by atoms with Crippen LogP contribution in [0.3, 0.4) is 0 Å². The molecule has 1 heterocycles. The minimum absolute atomic E-state index is 0.170. The number of para-hydroxylation sites is 1. The summed E-state index contributed by atoms with van der Waals surface area (Å²) in [6.45, 7) is 2.60. The molecule has 6 heteroatoms. The highest BCUT2D eigenvalue weighted by molar-refractivity contribution is 5.91. The number of carbonyl (C=O) groups excluding carboxylic acids is 1. The Morgan fingerprint density at radius 2 is 1.87 bits per heavy atom. The van der Waals surface area contributed by atoms with Crippen molar-refractivity contribution in [2.75, 3.05) is 13.7 Å². The van der Waals surface area contributed by atoms with Gasteiger partial charge in [-0.15, -0.1) is 0 Å². The number of rotatable bonds is 10. The van der Waals surface area contributed by atoms with Gasteiger partial charge in [-0.05, 0) is 30.4 Å². The molecule has 0 radical (unpaired) electrons. The summed E-state index contributed by atoms with van der Waals surface area (Å²) in [5.74, 6) is 1.83. The first-order valence-electron chi connectivity index (χ1n) is 10.3. The van der Waals surface area contributed by atoms with E-state index in [9.17, 15) is 4.79 Å². The van der Waals surface area contributed by atoms with Crippen molar-refractivity contribution in [3.8, 4) is 5.75 Å². The second-order valence-electron chi connectivity index (χ2n) is 7.72. The molecule has 2 aromatic carbocycles. The van der Waals surface area contributed by atoms with Crippen LogP contribution >= 0.6 is 0 Å². The van der Waals surface area contributed by atoms with Crippen molar-refractivity contribution in [1.82, 2.24) is 15.2 Å². The van der Waals surface area contributed by atoms with Gasteiger partial charge in [0.1, 0.15) is 12.0 Å². The van der Waals surface area contributed by atoms with Gasteiger partial charge < -0.3 is 14.5 Å². The largest absolute Gasteiger partial charge is 0.496 e. The molecule has 0 aliphatic heterocycles. The summed E-state index contributed by atoms with van der Waals surface area (Å²) < 4.78 is 11.1. The Hall–Kier alpha value is -3.12. The van der Waals surface area contributed by atoms with E-state index in [1.165, 1.54) is 24.7 Å². The third-order valence-corrected chi connectivity index (χ3v) is 5.23. The number of nitrogens with zero attached hydrogens (tertiary/aromatic N) is 2. The van der Waals surface area contributed by atoms with E-state index in [0.29, 0.717) is 30.6 Å². The van der Waals surface area contributed by atoms with Crippen molar-refractivity contribution in [2.45, 2.75) is 32.5 Å². The van der Waals surface area contributed by atoms with Crippen LogP contribution < -0.4 is 10.1 Å². The summed E-state index contributed by atoms with van der Waals surface area (Å²) in [5, 5.41) is 2.93. The number of amides is 1. The number of hydrogen-bond acceptors (Lipinski definition) is 5. The maximum absolute atomic E-state index is 12.3. The van der Waals surface area contributed by atoms with Gasteiger partial charge in [-0.25, -0.2) is 4.98 Å². The monoisotopic (exact) mass is 405 g/mol. The quantitative estimate of drug-likeness (QED) is 0.552. The predicted molar refractivity (Wildman–Crippen MR) is 114 cm³/mol. The normalized spacial score (nSPS) is 13.4. The van der Waals surface area contributed by atoms with Gasteiger partial charge in [-0.3, -0.25) is 9.69 Å². The van der Waals surface area contributed by atoms with Crippen LogP contribution in [0.2, 0.25) is 0 Å². The van der Waals surface area contributed by atoms with Crippen LogP contribution in [0, 0.1) is 5.92 Å². The third kappa shape index (κ3) is 5.48. The number of carbonyl (C=O) groups is 1. The lowest BCUT2D eigenvalue weighted by atomic mass is 10.1. The Balaban J connectivity index is 1.47. The number of oxazole rings is 1. The van der Waals surface area contributed by atoms with Gasteiger partial charge in [0.05, 0.1) is 13.7 Å². The molecule has 3 aromatic rings. The summed E-state index contributed by atoms with van der Waals surface area (Å²) in [6.07, 6.45) is 3.84. The fraction of sp³-hybridized carbons (Fsp3) is 0.333. The van der Waals surface area contributed by atoms with Gasteiger partial charge in [0.25, 0.3) is 5.91 Å². The van der Waals surface area contributed by atoms with Crippen LogP contribution in [0.5, 0.6) is 5.75 Å². The highest BCUT2D eigenvalue weighted by Gasteiger charge is 2.23. The standard InChI is InChI=1S/C24H27N3O3/c1-29-22-10-6-5-9-20(22)15-27(14-19-7-3-2-4-8-19)16-23-26-21(17-30-23)24(28)25-13-18-11-12-18/h2-10,17-18H,11-16H2,1H3,(H,25,28). The highest BCUT2D eigenvalue weighted by atomic mass is 16.5. The van der Waals surface area contributed by atoms with Crippen molar-refractivity contribution in [1.29, 1.82) is 0 Å². The number of hydrogen-bond donors (Lipinski definition) is 1. The maximum Gasteiger partial charge on any atom is 0.273 e. The minimum atomic E-state index is -0.170. The lowest BCUT2D eigenvalue weighted by molar-refractivity contribution is 0.0946. The summed E-state index contributed by atoms with van der Waals surface area (Å²) in [4.78, 5) is 18.9. The zero-order valence-corrected chi connectivity index (χ0v) is 17.2. The first-order chi connectivity index (χ1) is 14.7. The first kappa shape index (κ1) is 20.2. The smallest absolute Gasteiger partial charge is 0.273 e. The average molecular weight is 405 g/mol. The fourth-order valence-corrected chi connectivity index (χ4v) is 3.41. The van der Waals surface area contributed by atoms with E-state index >= 15 is 0 Å². The van der Waals surface area contributed by atoms with Crippen molar-refractivity contribution in [2.24, 2.45) is 5.92 Å². The van der Waals surface area contributed by atoms with E-state index in [-0.39, 0.29) is 5.91 Å². The van der Waals surface area contributed by atoms with E-state index in [0.717, 1.165) is 24.4 Å². The minimum Gasteiger partial charge on any atom is -0.496 e. The van der Waals surface area contributed by atoms with Crippen molar-refractivity contribution < 1.29 is 13.9 Å². The molecule has 4 rings (SSSR count). The van der Waals surface area contributed by atoms with Gasteiger partial charge in [0.2, 0.25) is 5.89 Å². The van der Waals surface area contributed by atoms with E-state index in [1.807, 2.05) is 36.4 Å². The molecule has 0 saturated heterocycles. The second-order valence-corrected chi connectivity index (χ2v) is 7.72. The van der Waals surface area contributed by atoms with Gasteiger partial charge >= 0.3 is 0 Å². The van der Waals surface area contributed by atoms with Crippen LogP contribution in [0.15, 0.2) is 65.3 Å².